The quantitative estimate of drug-likeness (QED) is 0.824. The number of ether oxygens (including phenoxy) is 1. The monoisotopic (exact) mass is 264 g/mol. The highest BCUT2D eigenvalue weighted by Gasteiger charge is 2.23. The van der Waals surface area contributed by atoms with Crippen LogP contribution < -0.4 is 15.8 Å². The fourth-order valence-corrected chi connectivity index (χ4v) is 2.71. The van der Waals surface area contributed by atoms with Crippen LogP contribution in [0.3, 0.4) is 0 Å². The van der Waals surface area contributed by atoms with E-state index in [-0.39, 0.29) is 6.04 Å². The summed E-state index contributed by atoms with van der Waals surface area (Å²) >= 11 is 0. The van der Waals surface area contributed by atoms with Crippen molar-refractivity contribution in [2.75, 3.05) is 18.5 Å². The van der Waals surface area contributed by atoms with Crippen molar-refractivity contribution in [2.24, 2.45) is 11.7 Å². The SMILES string of the molecule is CCOc1ccnc(NC(CN)C2CCCCC2)n1. The minimum Gasteiger partial charge on any atom is -0.478 e. The number of aromatic nitrogens is 2. The molecule has 1 saturated carbocycles. The molecule has 106 valence electrons. The van der Waals surface area contributed by atoms with Crippen LogP contribution in [0.2, 0.25) is 0 Å². The van der Waals surface area contributed by atoms with Crippen molar-refractivity contribution >= 4 is 5.95 Å². The highest BCUT2D eigenvalue weighted by Crippen LogP contribution is 2.27. The molecule has 5 heteroatoms. The van der Waals surface area contributed by atoms with Gasteiger partial charge in [0, 0.05) is 24.8 Å². The Labute approximate surface area is 115 Å². The molecule has 0 bridgehead atoms. The second-order valence-corrected chi connectivity index (χ2v) is 5.04. The van der Waals surface area contributed by atoms with Crippen molar-refractivity contribution in [3.63, 3.8) is 0 Å². The van der Waals surface area contributed by atoms with Crippen LogP contribution in [-0.4, -0.2) is 29.2 Å². The van der Waals surface area contributed by atoms with Crippen LogP contribution >= 0.6 is 0 Å². The summed E-state index contributed by atoms with van der Waals surface area (Å²) in [5.74, 6) is 1.87. The maximum Gasteiger partial charge on any atom is 0.226 e. The van der Waals surface area contributed by atoms with E-state index in [4.69, 9.17) is 10.5 Å². The number of rotatable bonds is 6. The summed E-state index contributed by atoms with van der Waals surface area (Å²) in [4.78, 5) is 8.59. The summed E-state index contributed by atoms with van der Waals surface area (Å²) in [5.41, 5.74) is 5.90. The molecule has 1 atom stereocenters. The second-order valence-electron chi connectivity index (χ2n) is 5.04. The average molecular weight is 264 g/mol. The third-order valence-electron chi connectivity index (χ3n) is 3.71. The molecular formula is C14H24N4O. The minimum atomic E-state index is 0.261. The highest BCUT2D eigenvalue weighted by atomic mass is 16.5. The summed E-state index contributed by atoms with van der Waals surface area (Å²) in [5, 5.41) is 3.37. The molecule has 19 heavy (non-hydrogen) atoms. The normalized spacial score (nSPS) is 18.0. The van der Waals surface area contributed by atoms with Crippen LogP contribution in [-0.2, 0) is 0 Å². The first kappa shape index (κ1) is 14.1. The molecular weight excluding hydrogens is 240 g/mol. The molecule has 0 saturated heterocycles. The fourth-order valence-electron chi connectivity index (χ4n) is 2.71. The van der Waals surface area contributed by atoms with Crippen LogP contribution in [0.15, 0.2) is 12.3 Å². The van der Waals surface area contributed by atoms with Crippen LogP contribution in [0, 0.1) is 5.92 Å². The highest BCUT2D eigenvalue weighted by molar-refractivity contribution is 5.29. The van der Waals surface area contributed by atoms with E-state index in [9.17, 15) is 0 Å². The molecule has 0 radical (unpaired) electrons. The van der Waals surface area contributed by atoms with Gasteiger partial charge in [-0.2, -0.15) is 4.98 Å². The van der Waals surface area contributed by atoms with Gasteiger partial charge in [0.1, 0.15) is 0 Å². The molecule has 1 aromatic rings. The number of anilines is 1. The van der Waals surface area contributed by atoms with Gasteiger partial charge in [-0.1, -0.05) is 19.3 Å². The van der Waals surface area contributed by atoms with Gasteiger partial charge in [0.05, 0.1) is 6.61 Å². The predicted octanol–water partition coefficient (Wildman–Crippen LogP) is 2.19. The van der Waals surface area contributed by atoms with Crippen LogP contribution in [0.1, 0.15) is 39.0 Å². The van der Waals surface area contributed by atoms with E-state index in [1.807, 2.05) is 6.92 Å². The van der Waals surface area contributed by atoms with Crippen LogP contribution in [0.4, 0.5) is 5.95 Å². The van der Waals surface area contributed by atoms with Gasteiger partial charge in [-0.05, 0) is 25.7 Å². The van der Waals surface area contributed by atoms with Gasteiger partial charge >= 0.3 is 0 Å². The maximum atomic E-state index is 5.90. The smallest absolute Gasteiger partial charge is 0.226 e. The van der Waals surface area contributed by atoms with E-state index in [0.717, 1.165) is 0 Å². The number of hydrogen-bond donors (Lipinski definition) is 2. The Balaban J connectivity index is 1.98. The van der Waals surface area contributed by atoms with Gasteiger partial charge in [0.25, 0.3) is 0 Å². The Morgan fingerprint density at radius 3 is 2.89 bits per heavy atom. The standard InChI is InChI=1S/C14H24N4O/c1-2-19-13-8-9-16-14(18-13)17-12(10-15)11-6-4-3-5-7-11/h8-9,11-12H,2-7,10,15H2,1H3,(H,16,17,18). The van der Waals surface area contributed by atoms with Crippen molar-refractivity contribution in [3.05, 3.63) is 12.3 Å². The number of hydrogen-bond acceptors (Lipinski definition) is 5. The zero-order valence-corrected chi connectivity index (χ0v) is 11.6. The van der Waals surface area contributed by atoms with Crippen molar-refractivity contribution in [1.29, 1.82) is 0 Å². The second kappa shape index (κ2) is 7.28. The molecule has 0 amide bonds. The Kier molecular flexibility index (Phi) is 5.39. The first-order chi connectivity index (χ1) is 9.33. The average Bonchev–Trinajstić information content (AvgIpc) is 2.46. The molecule has 1 aliphatic rings. The Hall–Kier alpha value is -1.36. The third-order valence-corrected chi connectivity index (χ3v) is 3.71. The van der Waals surface area contributed by atoms with E-state index in [2.05, 4.69) is 15.3 Å². The molecule has 2 rings (SSSR count). The van der Waals surface area contributed by atoms with E-state index in [1.165, 1.54) is 32.1 Å². The topological polar surface area (TPSA) is 73.1 Å². The Morgan fingerprint density at radius 1 is 1.42 bits per heavy atom. The van der Waals surface area contributed by atoms with E-state index < -0.39 is 0 Å². The molecule has 3 N–H and O–H groups in total. The lowest BCUT2D eigenvalue weighted by atomic mass is 9.84. The number of nitrogens with one attached hydrogen (secondary N) is 1. The number of nitrogens with zero attached hydrogens (tertiary/aromatic N) is 2. The maximum absolute atomic E-state index is 5.90. The molecule has 0 spiro atoms. The Morgan fingerprint density at radius 2 is 2.21 bits per heavy atom. The Bertz CT molecular complexity index is 379. The lowest BCUT2D eigenvalue weighted by molar-refractivity contribution is 0.316. The first-order valence-electron chi connectivity index (χ1n) is 7.26. The molecule has 1 fully saturated rings. The lowest BCUT2D eigenvalue weighted by Crippen LogP contribution is -2.37. The van der Waals surface area contributed by atoms with Gasteiger partial charge in [-0.15, -0.1) is 0 Å². The van der Waals surface area contributed by atoms with Crippen LogP contribution in [0.25, 0.3) is 0 Å². The lowest BCUT2D eigenvalue weighted by Gasteiger charge is -2.30. The molecule has 0 aliphatic heterocycles. The van der Waals surface area contributed by atoms with Gasteiger partial charge in [0.2, 0.25) is 11.8 Å². The molecule has 1 unspecified atom stereocenters. The number of nitrogens with two attached hydrogens (primary N) is 1. The van der Waals surface area contributed by atoms with Crippen molar-refractivity contribution in [1.82, 2.24) is 9.97 Å². The van der Waals surface area contributed by atoms with Gasteiger partial charge in [-0.3, -0.25) is 0 Å². The van der Waals surface area contributed by atoms with E-state index in [0.29, 0.717) is 30.9 Å². The zero-order valence-electron chi connectivity index (χ0n) is 11.6. The summed E-state index contributed by atoms with van der Waals surface area (Å²) in [7, 11) is 0. The van der Waals surface area contributed by atoms with E-state index >= 15 is 0 Å². The van der Waals surface area contributed by atoms with Gasteiger partial charge < -0.3 is 15.8 Å². The van der Waals surface area contributed by atoms with Gasteiger partial charge in [-0.25, -0.2) is 4.98 Å². The van der Waals surface area contributed by atoms with Gasteiger partial charge in [0.15, 0.2) is 0 Å². The third kappa shape index (κ3) is 4.06. The molecule has 1 aromatic heterocycles. The predicted molar refractivity (Wildman–Crippen MR) is 76.2 cm³/mol. The molecule has 1 aliphatic carbocycles. The zero-order chi connectivity index (χ0) is 13.5. The van der Waals surface area contributed by atoms with Crippen molar-refractivity contribution in [3.8, 4) is 5.88 Å². The molecule has 0 aromatic carbocycles. The fraction of sp³-hybridized carbons (Fsp3) is 0.714. The first-order valence-corrected chi connectivity index (χ1v) is 7.26. The summed E-state index contributed by atoms with van der Waals surface area (Å²) in [6.45, 7) is 3.17. The van der Waals surface area contributed by atoms with Crippen LogP contribution in [0.5, 0.6) is 5.88 Å². The van der Waals surface area contributed by atoms with Crippen molar-refractivity contribution < 1.29 is 4.74 Å². The van der Waals surface area contributed by atoms with E-state index in [1.54, 1.807) is 12.3 Å². The largest absolute Gasteiger partial charge is 0.478 e. The molecule has 5 nitrogen and oxygen atoms in total. The minimum absolute atomic E-state index is 0.261. The summed E-state index contributed by atoms with van der Waals surface area (Å²) < 4.78 is 5.38. The summed E-state index contributed by atoms with van der Waals surface area (Å²) in [6, 6.07) is 2.03. The van der Waals surface area contributed by atoms with Crippen molar-refractivity contribution in [2.45, 2.75) is 45.1 Å². The molecule has 1 heterocycles. The summed E-state index contributed by atoms with van der Waals surface area (Å²) in [6.07, 6.45) is 8.18.